The highest BCUT2D eigenvalue weighted by atomic mass is 16.5. The summed E-state index contributed by atoms with van der Waals surface area (Å²) in [4.78, 5) is 35.0. The van der Waals surface area contributed by atoms with Gasteiger partial charge in [0.15, 0.2) is 6.61 Å². The summed E-state index contributed by atoms with van der Waals surface area (Å²) in [5.74, 6) is -0.0444. The smallest absolute Gasteiger partial charge is 0.257 e. The number of aryl methyl sites for hydroxylation is 1. The van der Waals surface area contributed by atoms with Crippen molar-refractivity contribution in [3.8, 4) is 5.75 Å². The van der Waals surface area contributed by atoms with E-state index in [1.54, 1.807) is 37.4 Å². The number of carbonyl (C=O) groups is 2. The number of pyridine rings is 1. The van der Waals surface area contributed by atoms with E-state index in [1.807, 2.05) is 6.92 Å². The molecule has 1 aromatic carbocycles. The zero-order valence-corrected chi connectivity index (χ0v) is 13.5. The largest absolute Gasteiger partial charge is 0.484 e. The van der Waals surface area contributed by atoms with Gasteiger partial charge in [0.2, 0.25) is 0 Å². The Morgan fingerprint density at radius 3 is 2.50 bits per heavy atom. The molecule has 2 N–H and O–H groups in total. The molecule has 24 heavy (non-hydrogen) atoms. The van der Waals surface area contributed by atoms with E-state index in [1.165, 1.54) is 16.8 Å². The number of hydrogen-bond donors (Lipinski definition) is 2. The minimum absolute atomic E-state index is 0.0626. The Morgan fingerprint density at radius 2 is 1.88 bits per heavy atom. The van der Waals surface area contributed by atoms with E-state index in [-0.39, 0.29) is 29.5 Å². The van der Waals surface area contributed by atoms with Crippen LogP contribution in [0.25, 0.3) is 0 Å². The molecular formula is C17H19N3O4. The van der Waals surface area contributed by atoms with Crippen LogP contribution in [-0.2, 0) is 11.8 Å². The molecule has 1 aromatic heterocycles. The second-order valence-electron chi connectivity index (χ2n) is 5.09. The van der Waals surface area contributed by atoms with E-state index >= 15 is 0 Å². The number of nitrogens with zero attached hydrogens (tertiary/aromatic N) is 1. The Hall–Kier alpha value is -3.09. The van der Waals surface area contributed by atoms with E-state index in [9.17, 15) is 14.4 Å². The summed E-state index contributed by atoms with van der Waals surface area (Å²) in [6.45, 7) is 2.32. The maximum absolute atomic E-state index is 12.1. The van der Waals surface area contributed by atoms with Gasteiger partial charge in [-0.3, -0.25) is 14.4 Å². The SMILES string of the molecule is CCNC(=O)COc1ccc(NC(=O)c2ccn(C)c(=O)c2)cc1. The average molecular weight is 329 g/mol. The maximum atomic E-state index is 12.1. The molecule has 0 aliphatic rings. The normalized spacial score (nSPS) is 10.1. The van der Waals surface area contributed by atoms with Crippen molar-refractivity contribution >= 4 is 17.5 Å². The molecule has 0 spiro atoms. The summed E-state index contributed by atoms with van der Waals surface area (Å²) in [6, 6.07) is 9.47. The molecule has 0 unspecified atom stereocenters. The zero-order valence-electron chi connectivity index (χ0n) is 13.5. The third-order valence-electron chi connectivity index (χ3n) is 3.22. The highest BCUT2D eigenvalue weighted by Crippen LogP contribution is 2.16. The molecule has 0 atom stereocenters. The van der Waals surface area contributed by atoms with Gasteiger partial charge in [0.1, 0.15) is 5.75 Å². The molecular weight excluding hydrogens is 310 g/mol. The molecule has 0 saturated heterocycles. The molecule has 0 aliphatic carbocycles. The first kappa shape index (κ1) is 17.3. The van der Waals surface area contributed by atoms with Gasteiger partial charge in [-0.1, -0.05) is 0 Å². The van der Waals surface area contributed by atoms with Crippen LogP contribution in [0.3, 0.4) is 0 Å². The number of carbonyl (C=O) groups excluding carboxylic acids is 2. The second kappa shape index (κ2) is 7.96. The zero-order chi connectivity index (χ0) is 17.5. The number of hydrogen-bond acceptors (Lipinski definition) is 4. The number of ether oxygens (including phenoxy) is 1. The molecule has 1 heterocycles. The first-order valence-corrected chi connectivity index (χ1v) is 7.47. The van der Waals surface area contributed by atoms with Crippen LogP contribution in [0.5, 0.6) is 5.75 Å². The van der Waals surface area contributed by atoms with Crippen molar-refractivity contribution < 1.29 is 14.3 Å². The van der Waals surface area contributed by atoms with Crippen molar-refractivity contribution in [2.24, 2.45) is 7.05 Å². The van der Waals surface area contributed by atoms with Crippen molar-refractivity contribution in [2.45, 2.75) is 6.92 Å². The molecule has 0 fully saturated rings. The van der Waals surface area contributed by atoms with Crippen molar-refractivity contribution in [3.05, 3.63) is 58.5 Å². The van der Waals surface area contributed by atoms with E-state index in [4.69, 9.17) is 4.74 Å². The van der Waals surface area contributed by atoms with Gasteiger partial charge in [0.05, 0.1) is 0 Å². The van der Waals surface area contributed by atoms with Crippen LogP contribution in [0, 0.1) is 0 Å². The lowest BCUT2D eigenvalue weighted by atomic mass is 10.2. The van der Waals surface area contributed by atoms with Crippen LogP contribution in [0.15, 0.2) is 47.4 Å². The van der Waals surface area contributed by atoms with Crippen LogP contribution in [0.2, 0.25) is 0 Å². The van der Waals surface area contributed by atoms with Gasteiger partial charge in [-0.15, -0.1) is 0 Å². The fourth-order valence-electron chi connectivity index (χ4n) is 1.92. The molecule has 2 aromatic rings. The summed E-state index contributed by atoms with van der Waals surface area (Å²) in [7, 11) is 1.61. The van der Waals surface area contributed by atoms with Gasteiger partial charge in [-0.2, -0.15) is 0 Å². The minimum Gasteiger partial charge on any atom is -0.484 e. The van der Waals surface area contributed by atoms with Crippen molar-refractivity contribution in [1.82, 2.24) is 9.88 Å². The molecule has 2 rings (SSSR count). The molecule has 0 aliphatic heterocycles. The predicted molar refractivity (Wildman–Crippen MR) is 90.3 cm³/mol. The average Bonchev–Trinajstić information content (AvgIpc) is 2.57. The Labute approximate surface area is 139 Å². The van der Waals surface area contributed by atoms with E-state index < -0.39 is 0 Å². The first-order valence-electron chi connectivity index (χ1n) is 7.47. The van der Waals surface area contributed by atoms with Gasteiger partial charge in [0.25, 0.3) is 17.4 Å². The van der Waals surface area contributed by atoms with Crippen molar-refractivity contribution in [3.63, 3.8) is 0 Å². The number of anilines is 1. The summed E-state index contributed by atoms with van der Waals surface area (Å²) in [5.41, 5.74) is 0.595. The minimum atomic E-state index is -0.372. The molecule has 0 saturated carbocycles. The fourth-order valence-corrected chi connectivity index (χ4v) is 1.92. The molecule has 7 heteroatoms. The number of rotatable bonds is 6. The van der Waals surface area contributed by atoms with Gasteiger partial charge in [-0.25, -0.2) is 0 Å². The van der Waals surface area contributed by atoms with Crippen LogP contribution >= 0.6 is 0 Å². The van der Waals surface area contributed by atoms with Gasteiger partial charge in [-0.05, 0) is 37.3 Å². The topological polar surface area (TPSA) is 89.4 Å². The number of nitrogens with one attached hydrogen (secondary N) is 2. The first-order chi connectivity index (χ1) is 11.5. The highest BCUT2D eigenvalue weighted by molar-refractivity contribution is 6.04. The lowest BCUT2D eigenvalue weighted by Gasteiger charge is -2.08. The molecule has 2 amide bonds. The van der Waals surface area contributed by atoms with E-state index in [0.29, 0.717) is 18.0 Å². The van der Waals surface area contributed by atoms with Crippen molar-refractivity contribution in [1.29, 1.82) is 0 Å². The molecule has 0 radical (unpaired) electrons. The van der Waals surface area contributed by atoms with E-state index in [0.717, 1.165) is 0 Å². The van der Waals surface area contributed by atoms with Crippen LogP contribution < -0.4 is 20.9 Å². The number of benzene rings is 1. The Morgan fingerprint density at radius 1 is 1.17 bits per heavy atom. The third-order valence-corrected chi connectivity index (χ3v) is 3.22. The van der Waals surface area contributed by atoms with E-state index in [2.05, 4.69) is 10.6 Å². The number of amides is 2. The van der Waals surface area contributed by atoms with Crippen LogP contribution in [-0.4, -0.2) is 29.5 Å². The number of aromatic nitrogens is 1. The third kappa shape index (κ3) is 4.70. The fraction of sp³-hybridized carbons (Fsp3) is 0.235. The summed E-state index contributed by atoms with van der Waals surface area (Å²) < 4.78 is 6.71. The summed E-state index contributed by atoms with van der Waals surface area (Å²) in [5, 5.41) is 5.33. The van der Waals surface area contributed by atoms with Gasteiger partial charge >= 0.3 is 0 Å². The second-order valence-corrected chi connectivity index (χ2v) is 5.09. The number of likely N-dealkylation sites (N-methyl/N-ethyl adjacent to an activating group) is 1. The molecule has 7 nitrogen and oxygen atoms in total. The van der Waals surface area contributed by atoms with Crippen molar-refractivity contribution in [2.75, 3.05) is 18.5 Å². The lowest BCUT2D eigenvalue weighted by molar-refractivity contribution is -0.122. The van der Waals surface area contributed by atoms with Crippen LogP contribution in [0.4, 0.5) is 5.69 Å². The molecule has 126 valence electrons. The Balaban J connectivity index is 1.95. The monoisotopic (exact) mass is 329 g/mol. The predicted octanol–water partition coefficient (Wildman–Crippen LogP) is 1.15. The highest BCUT2D eigenvalue weighted by Gasteiger charge is 2.08. The standard InChI is InChI=1S/C17H19N3O4/c1-3-18-15(21)11-24-14-6-4-13(5-7-14)19-17(23)12-8-9-20(2)16(22)10-12/h4-10H,3,11H2,1-2H3,(H,18,21)(H,19,23). The summed E-state index contributed by atoms with van der Waals surface area (Å²) >= 11 is 0. The lowest BCUT2D eigenvalue weighted by Crippen LogP contribution is -2.28. The maximum Gasteiger partial charge on any atom is 0.257 e. The Kier molecular flexibility index (Phi) is 5.73. The van der Waals surface area contributed by atoms with Gasteiger partial charge < -0.3 is 19.9 Å². The summed E-state index contributed by atoms with van der Waals surface area (Å²) in [6.07, 6.45) is 1.54. The van der Waals surface area contributed by atoms with Gasteiger partial charge in [0, 0.05) is 37.1 Å². The quantitative estimate of drug-likeness (QED) is 0.832. The Bertz CT molecular complexity index is 781. The van der Waals surface area contributed by atoms with Crippen LogP contribution in [0.1, 0.15) is 17.3 Å². The molecule has 0 bridgehead atoms.